The number of carbonyl (C=O) groups is 3. The molecular formula is C32H21BrFN3O4S2. The van der Waals surface area contributed by atoms with Gasteiger partial charge in [-0.25, -0.2) is 9.29 Å². The Kier molecular flexibility index (Phi) is 7.03. The summed E-state index contributed by atoms with van der Waals surface area (Å²) in [6.07, 6.45) is 0. The summed E-state index contributed by atoms with van der Waals surface area (Å²) in [4.78, 5) is 55.9. The lowest BCUT2D eigenvalue weighted by atomic mass is 9.83. The Morgan fingerprint density at radius 2 is 1.65 bits per heavy atom. The topological polar surface area (TPSA) is 88.5 Å². The maximum Gasteiger partial charge on any atom is 0.308 e. The lowest BCUT2D eigenvalue weighted by Crippen LogP contribution is -2.33. The normalized spacial score (nSPS) is 19.4. The highest BCUT2D eigenvalue weighted by atomic mass is 79.9. The molecule has 1 saturated heterocycles. The number of hydrogen-bond donors (Lipinski definition) is 1. The molecule has 3 heterocycles. The number of thiazole rings is 1. The van der Waals surface area contributed by atoms with Crippen molar-refractivity contribution in [2.45, 2.75) is 22.7 Å². The van der Waals surface area contributed by atoms with E-state index in [1.165, 1.54) is 28.8 Å². The van der Waals surface area contributed by atoms with E-state index >= 15 is 0 Å². The van der Waals surface area contributed by atoms with Gasteiger partial charge < -0.3 is 5.32 Å². The third kappa shape index (κ3) is 4.81. The van der Waals surface area contributed by atoms with E-state index in [-0.39, 0.29) is 23.0 Å². The average molecular weight is 675 g/mol. The highest BCUT2D eigenvalue weighted by Gasteiger charge is 2.56. The summed E-state index contributed by atoms with van der Waals surface area (Å²) in [5.74, 6) is -3.10. The second-order valence-corrected chi connectivity index (χ2v) is 13.3. The van der Waals surface area contributed by atoms with Crippen LogP contribution in [-0.2, 0) is 20.9 Å². The van der Waals surface area contributed by atoms with E-state index in [1.807, 2.05) is 66.7 Å². The number of hydrogen-bond acceptors (Lipinski definition) is 6. The molecule has 3 amide bonds. The Balaban J connectivity index is 1.28. The van der Waals surface area contributed by atoms with Gasteiger partial charge in [0, 0.05) is 26.3 Å². The first-order valence-corrected chi connectivity index (χ1v) is 15.9. The van der Waals surface area contributed by atoms with Gasteiger partial charge in [-0.2, -0.15) is 0 Å². The lowest BCUT2D eigenvalue weighted by molar-refractivity contribution is -0.122. The van der Waals surface area contributed by atoms with E-state index in [4.69, 9.17) is 0 Å². The van der Waals surface area contributed by atoms with Gasteiger partial charge in [0.1, 0.15) is 17.6 Å². The molecule has 1 aromatic heterocycles. The molecule has 0 spiro atoms. The summed E-state index contributed by atoms with van der Waals surface area (Å²) in [6.45, 7) is -0.257. The molecule has 7 rings (SSSR count). The number of amides is 3. The molecule has 2 aliphatic heterocycles. The second kappa shape index (κ2) is 10.9. The molecule has 11 heteroatoms. The van der Waals surface area contributed by atoms with Crippen molar-refractivity contribution in [2.75, 3.05) is 10.2 Å². The Morgan fingerprint density at radius 3 is 2.44 bits per heavy atom. The van der Waals surface area contributed by atoms with Crippen molar-refractivity contribution in [1.29, 1.82) is 0 Å². The number of fused-ring (bicyclic) bond motifs is 3. The monoisotopic (exact) mass is 673 g/mol. The first-order chi connectivity index (χ1) is 20.8. The van der Waals surface area contributed by atoms with Crippen molar-refractivity contribution in [3.05, 3.63) is 121 Å². The highest BCUT2D eigenvalue weighted by molar-refractivity contribution is 9.10. The van der Waals surface area contributed by atoms with Gasteiger partial charge in [-0.3, -0.25) is 23.7 Å². The van der Waals surface area contributed by atoms with Crippen molar-refractivity contribution in [3.63, 3.8) is 0 Å². The Hall–Kier alpha value is -4.06. The van der Waals surface area contributed by atoms with Crippen LogP contribution in [0.3, 0.4) is 0 Å². The number of halogens is 2. The molecule has 4 aromatic carbocycles. The fourth-order valence-electron chi connectivity index (χ4n) is 5.83. The standard InChI is InChI=1S/C32H21BrFN3O4S2/c33-19-8-3-7-18(15-19)25-26-27(30(40)37(29(26)39)21-13-11-20(34)12-14-21)42-31-28(25)43-32(41)36(31)16-24(38)35-23-10-4-6-17-5-1-2-9-22(17)23/h1-15,25-27H,16H2,(H,35,38)/t25-,26?,27?/m1/s1. The molecule has 0 saturated carbocycles. The molecule has 2 aliphatic rings. The number of nitrogens with zero attached hydrogens (tertiary/aromatic N) is 2. The van der Waals surface area contributed by atoms with Crippen molar-refractivity contribution in [1.82, 2.24) is 4.57 Å². The summed E-state index contributed by atoms with van der Waals surface area (Å²) in [7, 11) is 0. The van der Waals surface area contributed by atoms with E-state index in [0.717, 1.165) is 48.8 Å². The summed E-state index contributed by atoms with van der Waals surface area (Å²) < 4.78 is 15.8. The number of rotatable bonds is 5. The fraction of sp³-hybridized carbons (Fsp3) is 0.125. The lowest BCUT2D eigenvalue weighted by Gasteiger charge is -2.30. The van der Waals surface area contributed by atoms with Gasteiger partial charge >= 0.3 is 4.87 Å². The van der Waals surface area contributed by atoms with Gasteiger partial charge in [-0.15, -0.1) is 0 Å². The second-order valence-electron chi connectivity index (χ2n) is 10.3. The van der Waals surface area contributed by atoms with Crippen LogP contribution >= 0.6 is 39.0 Å². The maximum absolute atomic E-state index is 13.9. The van der Waals surface area contributed by atoms with Gasteiger partial charge in [-0.1, -0.05) is 87.6 Å². The minimum Gasteiger partial charge on any atom is -0.324 e. The molecule has 0 radical (unpaired) electrons. The van der Waals surface area contributed by atoms with E-state index in [1.54, 1.807) is 0 Å². The molecule has 0 aliphatic carbocycles. The Morgan fingerprint density at radius 1 is 0.907 bits per heavy atom. The summed E-state index contributed by atoms with van der Waals surface area (Å²) in [5.41, 5.74) is 1.68. The number of nitrogens with one attached hydrogen (secondary N) is 1. The van der Waals surface area contributed by atoms with Crippen LogP contribution in [0, 0.1) is 11.7 Å². The maximum atomic E-state index is 13.9. The van der Waals surface area contributed by atoms with Gasteiger partial charge in [-0.05, 0) is 53.4 Å². The summed E-state index contributed by atoms with van der Waals surface area (Å²) in [6, 6.07) is 26.0. The number of aromatic nitrogens is 1. The molecule has 3 atom stereocenters. The third-order valence-electron chi connectivity index (χ3n) is 7.71. The van der Waals surface area contributed by atoms with Crippen LogP contribution in [0.2, 0.25) is 0 Å². The fourth-order valence-corrected chi connectivity index (χ4v) is 9.02. The molecule has 0 bridgehead atoms. The average Bonchev–Trinajstić information content (AvgIpc) is 3.44. The Labute approximate surface area is 261 Å². The number of carbonyl (C=O) groups excluding carboxylic acids is 3. The molecule has 1 fully saturated rings. The SMILES string of the molecule is O=C(Cn1c2c(sc1=O)[C@H](c1cccc(Br)c1)C1C(=O)N(c3ccc(F)cc3)C(=O)C1S2)Nc1cccc2ccccc12. The van der Waals surface area contributed by atoms with Crippen LogP contribution in [0.1, 0.15) is 16.4 Å². The molecule has 2 unspecified atom stereocenters. The predicted molar refractivity (Wildman–Crippen MR) is 169 cm³/mol. The first-order valence-electron chi connectivity index (χ1n) is 13.4. The Bertz CT molecular complexity index is 2000. The van der Waals surface area contributed by atoms with Gasteiger partial charge in [0.05, 0.1) is 16.6 Å². The van der Waals surface area contributed by atoms with Crippen molar-refractivity contribution in [3.8, 4) is 0 Å². The van der Waals surface area contributed by atoms with Crippen molar-refractivity contribution < 1.29 is 18.8 Å². The van der Waals surface area contributed by atoms with Gasteiger partial charge in [0.25, 0.3) is 0 Å². The zero-order chi connectivity index (χ0) is 29.8. The zero-order valence-electron chi connectivity index (χ0n) is 22.2. The molecule has 1 N–H and O–H groups in total. The quantitative estimate of drug-likeness (QED) is 0.218. The molecule has 5 aromatic rings. The van der Waals surface area contributed by atoms with Crippen LogP contribution in [-0.4, -0.2) is 27.5 Å². The minimum atomic E-state index is -0.838. The van der Waals surface area contributed by atoms with E-state index in [2.05, 4.69) is 21.2 Å². The van der Waals surface area contributed by atoms with Crippen LogP contribution < -0.4 is 15.1 Å². The number of imide groups is 1. The molecule has 7 nitrogen and oxygen atoms in total. The summed E-state index contributed by atoms with van der Waals surface area (Å²) in [5, 5.41) is 4.44. The van der Waals surface area contributed by atoms with Crippen molar-refractivity contribution in [2.24, 2.45) is 5.92 Å². The van der Waals surface area contributed by atoms with E-state index in [0.29, 0.717) is 15.6 Å². The number of benzene rings is 4. The van der Waals surface area contributed by atoms with E-state index < -0.39 is 34.7 Å². The van der Waals surface area contributed by atoms with Gasteiger partial charge in [0.2, 0.25) is 17.7 Å². The van der Waals surface area contributed by atoms with Gasteiger partial charge in [0.15, 0.2) is 0 Å². The first kappa shape index (κ1) is 27.8. The van der Waals surface area contributed by atoms with Crippen LogP contribution in [0.5, 0.6) is 0 Å². The number of anilines is 2. The molecular weight excluding hydrogens is 653 g/mol. The molecule has 43 heavy (non-hydrogen) atoms. The summed E-state index contributed by atoms with van der Waals surface area (Å²) >= 11 is 5.63. The smallest absolute Gasteiger partial charge is 0.308 e. The predicted octanol–water partition coefficient (Wildman–Crippen LogP) is 6.40. The number of thioether (sulfide) groups is 1. The third-order valence-corrected chi connectivity index (χ3v) is 10.8. The van der Waals surface area contributed by atoms with E-state index in [9.17, 15) is 23.6 Å². The molecule has 214 valence electrons. The zero-order valence-corrected chi connectivity index (χ0v) is 25.4. The van der Waals surface area contributed by atoms with Crippen molar-refractivity contribution >= 4 is 78.9 Å². The van der Waals surface area contributed by atoms with Crippen LogP contribution in [0.15, 0.2) is 105 Å². The van der Waals surface area contributed by atoms with Crippen LogP contribution in [0.25, 0.3) is 10.8 Å². The minimum absolute atomic E-state index is 0.257. The van der Waals surface area contributed by atoms with Crippen LogP contribution in [0.4, 0.5) is 15.8 Å². The highest BCUT2D eigenvalue weighted by Crippen LogP contribution is 2.54. The largest absolute Gasteiger partial charge is 0.324 e.